The normalized spacial score (nSPS) is 24.4. The third-order valence-corrected chi connectivity index (χ3v) is 3.84. The van der Waals surface area contributed by atoms with Gasteiger partial charge in [0.1, 0.15) is 0 Å². The van der Waals surface area contributed by atoms with Crippen molar-refractivity contribution in [2.24, 2.45) is 0 Å². The maximum atomic E-state index is 12.5. The van der Waals surface area contributed by atoms with Crippen molar-refractivity contribution < 1.29 is 9.53 Å². The highest BCUT2D eigenvalue weighted by molar-refractivity contribution is 9.10. The van der Waals surface area contributed by atoms with Crippen LogP contribution in [0.5, 0.6) is 0 Å². The molecular formula is C12H16BrCl2N3O2. The highest BCUT2D eigenvalue weighted by Gasteiger charge is 2.38. The molecule has 5 nitrogen and oxygen atoms in total. The first-order valence-corrected chi connectivity index (χ1v) is 6.79. The maximum Gasteiger partial charge on any atom is 0.255 e. The van der Waals surface area contributed by atoms with E-state index in [4.69, 9.17) is 4.74 Å². The zero-order valence-electron chi connectivity index (χ0n) is 10.6. The number of nitrogens with zero attached hydrogens (tertiary/aromatic N) is 2. The van der Waals surface area contributed by atoms with E-state index >= 15 is 0 Å². The zero-order chi connectivity index (χ0) is 12.5. The van der Waals surface area contributed by atoms with Crippen LogP contribution in [0, 0.1) is 0 Å². The number of amides is 1. The summed E-state index contributed by atoms with van der Waals surface area (Å²) in [6.07, 6.45) is 3.42. The Kier molecular flexibility index (Phi) is 6.68. The maximum absolute atomic E-state index is 12.5. The van der Waals surface area contributed by atoms with Crippen LogP contribution in [-0.2, 0) is 4.74 Å². The zero-order valence-corrected chi connectivity index (χ0v) is 13.8. The van der Waals surface area contributed by atoms with Gasteiger partial charge in [0.15, 0.2) is 0 Å². The molecule has 0 saturated carbocycles. The fourth-order valence-corrected chi connectivity index (χ4v) is 2.90. The largest absolute Gasteiger partial charge is 0.373 e. The van der Waals surface area contributed by atoms with Crippen molar-refractivity contribution in [1.29, 1.82) is 0 Å². The smallest absolute Gasteiger partial charge is 0.255 e. The van der Waals surface area contributed by atoms with Gasteiger partial charge in [0.2, 0.25) is 0 Å². The SMILES string of the molecule is Cl.Cl.O=C(c1cncc(Br)c1)N1CCO[C@H]2CNC[C@H]21. The van der Waals surface area contributed by atoms with Crippen molar-refractivity contribution in [2.75, 3.05) is 26.2 Å². The van der Waals surface area contributed by atoms with Gasteiger partial charge < -0.3 is 15.0 Å². The van der Waals surface area contributed by atoms with Gasteiger partial charge in [-0.1, -0.05) is 0 Å². The molecule has 112 valence electrons. The Balaban J connectivity index is 0.000001000. The molecule has 20 heavy (non-hydrogen) atoms. The van der Waals surface area contributed by atoms with Crippen molar-refractivity contribution in [3.05, 3.63) is 28.5 Å². The van der Waals surface area contributed by atoms with E-state index in [0.29, 0.717) is 18.7 Å². The Morgan fingerprint density at radius 1 is 1.40 bits per heavy atom. The van der Waals surface area contributed by atoms with Crippen LogP contribution in [0.25, 0.3) is 0 Å². The van der Waals surface area contributed by atoms with Crippen LogP contribution in [0.1, 0.15) is 10.4 Å². The first-order chi connectivity index (χ1) is 8.75. The first kappa shape index (κ1) is 17.7. The highest BCUT2D eigenvalue weighted by atomic mass is 79.9. The third-order valence-electron chi connectivity index (χ3n) is 3.41. The second-order valence-electron chi connectivity index (χ2n) is 4.53. The summed E-state index contributed by atoms with van der Waals surface area (Å²) in [6.45, 7) is 2.88. The quantitative estimate of drug-likeness (QED) is 0.797. The minimum absolute atomic E-state index is 0. The number of ether oxygens (including phenoxy) is 1. The van der Waals surface area contributed by atoms with Crippen molar-refractivity contribution in [2.45, 2.75) is 12.1 Å². The number of halogens is 3. The van der Waals surface area contributed by atoms with E-state index in [0.717, 1.165) is 17.6 Å². The van der Waals surface area contributed by atoms with Gasteiger partial charge in [0, 0.05) is 36.5 Å². The van der Waals surface area contributed by atoms with E-state index in [-0.39, 0.29) is 42.9 Å². The summed E-state index contributed by atoms with van der Waals surface area (Å²) in [6, 6.07) is 1.95. The summed E-state index contributed by atoms with van der Waals surface area (Å²) in [5.74, 6) is 0.0331. The fraction of sp³-hybridized carbons (Fsp3) is 0.500. The molecule has 1 aromatic heterocycles. The predicted octanol–water partition coefficient (Wildman–Crippen LogP) is 1.50. The van der Waals surface area contributed by atoms with E-state index in [1.165, 1.54) is 0 Å². The molecule has 2 aliphatic heterocycles. The lowest BCUT2D eigenvalue weighted by Crippen LogP contribution is -2.53. The Labute approximate surface area is 138 Å². The number of pyridine rings is 1. The van der Waals surface area contributed by atoms with Crippen LogP contribution in [0.4, 0.5) is 0 Å². The molecule has 1 N–H and O–H groups in total. The molecule has 0 aromatic carbocycles. The monoisotopic (exact) mass is 383 g/mol. The Hall–Kier alpha value is -0.400. The molecule has 2 fully saturated rings. The van der Waals surface area contributed by atoms with Gasteiger partial charge in [-0.05, 0) is 22.0 Å². The lowest BCUT2D eigenvalue weighted by molar-refractivity contribution is -0.0364. The lowest BCUT2D eigenvalue weighted by atomic mass is 10.1. The first-order valence-electron chi connectivity index (χ1n) is 5.99. The standard InChI is InChI=1S/C12H14BrN3O2.2ClH/c13-9-3-8(4-14-5-9)12(17)16-1-2-18-11-7-15-6-10(11)16;;/h3-5,10-11,15H,1-2,6-7H2;2*1H/t10-,11+;;/m1../s1. The minimum atomic E-state index is 0. The minimum Gasteiger partial charge on any atom is -0.373 e. The van der Waals surface area contributed by atoms with Gasteiger partial charge in [-0.15, -0.1) is 24.8 Å². The van der Waals surface area contributed by atoms with Crippen molar-refractivity contribution in [3.63, 3.8) is 0 Å². The molecule has 1 amide bonds. The Morgan fingerprint density at radius 2 is 2.20 bits per heavy atom. The predicted molar refractivity (Wildman–Crippen MR) is 83.9 cm³/mol. The number of rotatable bonds is 1. The molecule has 0 bridgehead atoms. The summed E-state index contributed by atoms with van der Waals surface area (Å²) >= 11 is 3.34. The van der Waals surface area contributed by atoms with Gasteiger partial charge in [0.25, 0.3) is 5.91 Å². The fourth-order valence-electron chi connectivity index (χ4n) is 2.54. The van der Waals surface area contributed by atoms with Crippen LogP contribution in [0.3, 0.4) is 0 Å². The number of hydrogen-bond acceptors (Lipinski definition) is 4. The number of nitrogens with one attached hydrogen (secondary N) is 1. The number of hydrogen-bond donors (Lipinski definition) is 1. The van der Waals surface area contributed by atoms with E-state index in [1.807, 2.05) is 11.0 Å². The highest BCUT2D eigenvalue weighted by Crippen LogP contribution is 2.20. The van der Waals surface area contributed by atoms with E-state index < -0.39 is 0 Å². The molecule has 3 heterocycles. The molecule has 3 rings (SSSR count). The topological polar surface area (TPSA) is 54.5 Å². The lowest BCUT2D eigenvalue weighted by Gasteiger charge is -2.37. The molecule has 8 heteroatoms. The van der Waals surface area contributed by atoms with Crippen LogP contribution in [0.2, 0.25) is 0 Å². The van der Waals surface area contributed by atoms with Gasteiger partial charge in [0.05, 0.1) is 24.3 Å². The molecule has 2 saturated heterocycles. The van der Waals surface area contributed by atoms with E-state index in [2.05, 4.69) is 26.2 Å². The number of fused-ring (bicyclic) bond motifs is 1. The van der Waals surface area contributed by atoms with Crippen LogP contribution in [-0.4, -0.2) is 54.2 Å². The van der Waals surface area contributed by atoms with Crippen LogP contribution >= 0.6 is 40.7 Å². The summed E-state index contributed by atoms with van der Waals surface area (Å²) in [4.78, 5) is 18.4. The third kappa shape index (κ3) is 3.43. The summed E-state index contributed by atoms with van der Waals surface area (Å²) in [5, 5.41) is 3.27. The van der Waals surface area contributed by atoms with Gasteiger partial charge in [-0.25, -0.2) is 0 Å². The van der Waals surface area contributed by atoms with Crippen LogP contribution in [0.15, 0.2) is 22.9 Å². The van der Waals surface area contributed by atoms with Crippen molar-refractivity contribution >= 4 is 46.7 Å². The molecular weight excluding hydrogens is 369 g/mol. The molecule has 2 aliphatic rings. The molecule has 0 aliphatic carbocycles. The van der Waals surface area contributed by atoms with Crippen molar-refractivity contribution in [1.82, 2.24) is 15.2 Å². The van der Waals surface area contributed by atoms with E-state index in [1.54, 1.807) is 12.4 Å². The average molecular weight is 385 g/mol. The van der Waals surface area contributed by atoms with Gasteiger partial charge in [-0.2, -0.15) is 0 Å². The molecule has 1 aromatic rings. The molecule has 0 radical (unpaired) electrons. The van der Waals surface area contributed by atoms with Crippen molar-refractivity contribution in [3.8, 4) is 0 Å². The molecule has 2 atom stereocenters. The second-order valence-corrected chi connectivity index (χ2v) is 5.44. The summed E-state index contributed by atoms with van der Waals surface area (Å²) in [5.41, 5.74) is 0.622. The summed E-state index contributed by atoms with van der Waals surface area (Å²) < 4.78 is 6.48. The Bertz CT molecular complexity index is 478. The number of carbonyl (C=O) groups is 1. The second kappa shape index (κ2) is 7.56. The van der Waals surface area contributed by atoms with Gasteiger partial charge >= 0.3 is 0 Å². The number of carbonyl (C=O) groups excluding carboxylic acids is 1. The summed E-state index contributed by atoms with van der Waals surface area (Å²) in [7, 11) is 0. The average Bonchev–Trinajstić information content (AvgIpc) is 2.86. The Morgan fingerprint density at radius 3 is 2.95 bits per heavy atom. The molecule has 0 unspecified atom stereocenters. The van der Waals surface area contributed by atoms with Gasteiger partial charge in [-0.3, -0.25) is 9.78 Å². The molecule has 0 spiro atoms. The number of aromatic nitrogens is 1. The number of morpholine rings is 1. The van der Waals surface area contributed by atoms with Crippen LogP contribution < -0.4 is 5.32 Å². The van der Waals surface area contributed by atoms with E-state index in [9.17, 15) is 4.79 Å².